The number of carbonyl (C=O) groups is 1. The van der Waals surface area contributed by atoms with Crippen molar-refractivity contribution in [2.75, 3.05) is 6.54 Å². The van der Waals surface area contributed by atoms with Crippen LogP contribution in [-0.4, -0.2) is 22.0 Å². The van der Waals surface area contributed by atoms with E-state index in [0.717, 1.165) is 33.6 Å². The molecule has 0 spiro atoms. The molecule has 0 unspecified atom stereocenters. The smallest absolute Gasteiger partial charge is 0.253 e. The van der Waals surface area contributed by atoms with Gasteiger partial charge in [0.15, 0.2) is 0 Å². The van der Waals surface area contributed by atoms with Gasteiger partial charge in [-0.3, -0.25) is 4.79 Å². The van der Waals surface area contributed by atoms with E-state index in [1.54, 1.807) is 11.3 Å². The van der Waals surface area contributed by atoms with Crippen LogP contribution in [0.3, 0.4) is 0 Å². The zero-order valence-corrected chi connectivity index (χ0v) is 15.4. The Kier molecular flexibility index (Phi) is 4.45. The van der Waals surface area contributed by atoms with Gasteiger partial charge in [-0.05, 0) is 6.07 Å². The molecule has 0 aliphatic carbocycles. The zero-order chi connectivity index (χ0) is 17.3. The molecule has 1 N–H and O–H groups in total. The van der Waals surface area contributed by atoms with E-state index in [1.807, 2.05) is 42.1 Å². The highest BCUT2D eigenvalue weighted by Gasteiger charge is 2.17. The Morgan fingerprint density at radius 2 is 2.04 bits per heavy atom. The Labute approximate surface area is 146 Å². The standard InChI is InChI=1S/C19H23N3OS/c1-19(2,3)16-12-24-17(21-16)9-10-20-18(23)14-11-22(4)15-8-6-5-7-13(14)15/h5-8,11-12H,9-10H2,1-4H3,(H,20,23). The largest absolute Gasteiger partial charge is 0.352 e. The van der Waals surface area contributed by atoms with Gasteiger partial charge in [0.2, 0.25) is 0 Å². The first-order valence-electron chi connectivity index (χ1n) is 8.13. The molecule has 0 atom stereocenters. The number of aromatic nitrogens is 2. The van der Waals surface area contributed by atoms with E-state index in [2.05, 4.69) is 36.5 Å². The van der Waals surface area contributed by atoms with Crippen LogP contribution in [0, 0.1) is 0 Å². The van der Waals surface area contributed by atoms with E-state index in [4.69, 9.17) is 0 Å². The Morgan fingerprint density at radius 1 is 1.29 bits per heavy atom. The number of hydrogen-bond donors (Lipinski definition) is 1. The Bertz CT molecular complexity index is 870. The molecule has 5 heteroatoms. The van der Waals surface area contributed by atoms with E-state index in [1.165, 1.54) is 0 Å². The molecule has 1 amide bonds. The van der Waals surface area contributed by atoms with Gasteiger partial charge in [-0.1, -0.05) is 39.0 Å². The van der Waals surface area contributed by atoms with Crippen LogP contribution < -0.4 is 5.32 Å². The molecule has 4 nitrogen and oxygen atoms in total. The van der Waals surface area contributed by atoms with E-state index < -0.39 is 0 Å². The maximum Gasteiger partial charge on any atom is 0.253 e. The molecule has 0 radical (unpaired) electrons. The van der Waals surface area contributed by atoms with Crippen LogP contribution in [0.5, 0.6) is 0 Å². The highest BCUT2D eigenvalue weighted by molar-refractivity contribution is 7.09. The highest BCUT2D eigenvalue weighted by Crippen LogP contribution is 2.24. The summed E-state index contributed by atoms with van der Waals surface area (Å²) in [6.07, 6.45) is 2.65. The topological polar surface area (TPSA) is 46.9 Å². The predicted octanol–water partition coefficient (Wildman–Crippen LogP) is 3.90. The summed E-state index contributed by atoms with van der Waals surface area (Å²) in [7, 11) is 1.96. The first-order valence-corrected chi connectivity index (χ1v) is 9.01. The highest BCUT2D eigenvalue weighted by atomic mass is 32.1. The molecule has 3 rings (SSSR count). The number of hydrogen-bond acceptors (Lipinski definition) is 3. The zero-order valence-electron chi connectivity index (χ0n) is 14.6. The van der Waals surface area contributed by atoms with Crippen LogP contribution in [0.15, 0.2) is 35.8 Å². The Hall–Kier alpha value is -2.14. The fraction of sp³-hybridized carbons (Fsp3) is 0.368. The number of carbonyl (C=O) groups excluding carboxylic acids is 1. The molecule has 2 aromatic heterocycles. The minimum atomic E-state index is -0.0283. The molecule has 24 heavy (non-hydrogen) atoms. The van der Waals surface area contributed by atoms with Gasteiger partial charge in [0.05, 0.1) is 16.3 Å². The average Bonchev–Trinajstić information content (AvgIpc) is 3.13. The van der Waals surface area contributed by atoms with Gasteiger partial charge in [-0.25, -0.2) is 4.98 Å². The fourth-order valence-corrected chi connectivity index (χ4v) is 3.70. The predicted molar refractivity (Wildman–Crippen MR) is 99.8 cm³/mol. The van der Waals surface area contributed by atoms with Crippen LogP contribution in [0.25, 0.3) is 10.9 Å². The lowest BCUT2D eigenvalue weighted by molar-refractivity contribution is 0.0955. The van der Waals surface area contributed by atoms with Gasteiger partial charge >= 0.3 is 0 Å². The maximum absolute atomic E-state index is 12.5. The quantitative estimate of drug-likeness (QED) is 0.782. The normalized spacial score (nSPS) is 11.8. The second-order valence-corrected chi connectivity index (χ2v) is 8.00. The van der Waals surface area contributed by atoms with Gasteiger partial charge in [0.1, 0.15) is 0 Å². The molecular weight excluding hydrogens is 318 g/mol. The first kappa shape index (κ1) is 16.7. The molecule has 0 saturated carbocycles. The van der Waals surface area contributed by atoms with Crippen LogP contribution in [0.2, 0.25) is 0 Å². The van der Waals surface area contributed by atoms with Gasteiger partial charge < -0.3 is 9.88 Å². The molecular formula is C19H23N3OS. The van der Waals surface area contributed by atoms with Crippen molar-refractivity contribution in [2.24, 2.45) is 7.05 Å². The summed E-state index contributed by atoms with van der Waals surface area (Å²) in [5.74, 6) is -0.0283. The van der Waals surface area contributed by atoms with E-state index in [-0.39, 0.29) is 11.3 Å². The lowest BCUT2D eigenvalue weighted by Crippen LogP contribution is -2.25. The molecule has 0 aliphatic heterocycles. The third-order valence-electron chi connectivity index (χ3n) is 4.09. The molecule has 0 aliphatic rings. The molecule has 0 fully saturated rings. The Morgan fingerprint density at radius 3 is 2.75 bits per heavy atom. The van der Waals surface area contributed by atoms with Gasteiger partial charge in [-0.2, -0.15) is 0 Å². The summed E-state index contributed by atoms with van der Waals surface area (Å²) in [6, 6.07) is 7.96. The third kappa shape index (κ3) is 3.36. The minimum absolute atomic E-state index is 0.0283. The minimum Gasteiger partial charge on any atom is -0.352 e. The maximum atomic E-state index is 12.5. The number of rotatable bonds is 4. The van der Waals surface area contributed by atoms with Crippen molar-refractivity contribution in [3.8, 4) is 0 Å². The number of fused-ring (bicyclic) bond motifs is 1. The number of benzene rings is 1. The summed E-state index contributed by atoms with van der Waals surface area (Å²) in [4.78, 5) is 17.2. The van der Waals surface area contributed by atoms with Crippen LogP contribution in [0.1, 0.15) is 41.8 Å². The van der Waals surface area contributed by atoms with Crippen LogP contribution in [-0.2, 0) is 18.9 Å². The Balaban J connectivity index is 1.64. The van der Waals surface area contributed by atoms with Crippen molar-refractivity contribution in [3.63, 3.8) is 0 Å². The van der Waals surface area contributed by atoms with Crippen molar-refractivity contribution in [2.45, 2.75) is 32.6 Å². The second kappa shape index (κ2) is 6.40. The van der Waals surface area contributed by atoms with Crippen molar-refractivity contribution in [3.05, 3.63) is 52.1 Å². The van der Waals surface area contributed by atoms with Crippen molar-refractivity contribution in [1.29, 1.82) is 0 Å². The van der Waals surface area contributed by atoms with E-state index in [0.29, 0.717) is 6.54 Å². The van der Waals surface area contributed by atoms with Gasteiger partial charge in [0.25, 0.3) is 5.91 Å². The molecule has 1 aromatic carbocycles. The first-order chi connectivity index (χ1) is 11.4. The number of para-hydroxylation sites is 1. The fourth-order valence-electron chi connectivity index (χ4n) is 2.67. The molecule has 126 valence electrons. The number of nitrogens with one attached hydrogen (secondary N) is 1. The summed E-state index contributed by atoms with van der Waals surface area (Å²) in [5, 5.41) is 7.18. The molecule has 3 aromatic rings. The average molecular weight is 341 g/mol. The molecule has 0 saturated heterocycles. The van der Waals surface area contributed by atoms with Gasteiger partial charge in [0, 0.05) is 47.9 Å². The van der Waals surface area contributed by atoms with Crippen molar-refractivity contribution in [1.82, 2.24) is 14.9 Å². The summed E-state index contributed by atoms with van der Waals surface area (Å²) >= 11 is 1.66. The molecule has 2 heterocycles. The van der Waals surface area contributed by atoms with Crippen LogP contribution in [0.4, 0.5) is 0 Å². The monoisotopic (exact) mass is 341 g/mol. The van der Waals surface area contributed by atoms with E-state index in [9.17, 15) is 4.79 Å². The summed E-state index contributed by atoms with van der Waals surface area (Å²) in [6.45, 7) is 7.08. The number of nitrogens with zero attached hydrogens (tertiary/aromatic N) is 2. The number of amides is 1. The lowest BCUT2D eigenvalue weighted by atomic mass is 9.93. The molecule has 0 bridgehead atoms. The van der Waals surface area contributed by atoms with Crippen LogP contribution >= 0.6 is 11.3 Å². The van der Waals surface area contributed by atoms with Crippen molar-refractivity contribution >= 4 is 28.1 Å². The third-order valence-corrected chi connectivity index (χ3v) is 4.99. The lowest BCUT2D eigenvalue weighted by Gasteiger charge is -2.14. The summed E-state index contributed by atoms with van der Waals surface area (Å²) < 4.78 is 1.99. The van der Waals surface area contributed by atoms with Crippen molar-refractivity contribution < 1.29 is 4.79 Å². The van der Waals surface area contributed by atoms with Gasteiger partial charge in [-0.15, -0.1) is 11.3 Å². The number of aryl methyl sites for hydroxylation is 1. The SMILES string of the molecule is Cn1cc(C(=O)NCCc2nc(C(C)(C)C)cs2)c2ccccc21. The second-order valence-electron chi connectivity index (χ2n) is 7.05. The van der Waals surface area contributed by atoms with E-state index >= 15 is 0 Å². The summed E-state index contributed by atoms with van der Waals surface area (Å²) in [5.41, 5.74) is 2.98. The number of thiazole rings is 1.